The number of rotatable bonds is 8. The third-order valence-electron chi connectivity index (χ3n) is 2.69. The Kier molecular flexibility index (Phi) is 7.48. The average Bonchev–Trinajstić information content (AvgIpc) is 2.40. The Morgan fingerprint density at radius 3 is 2.33 bits per heavy atom. The van der Waals surface area contributed by atoms with Crippen LogP contribution in [0.4, 0.5) is 18.9 Å². The highest BCUT2D eigenvalue weighted by Gasteiger charge is 2.30. The molecule has 0 aliphatic rings. The Morgan fingerprint density at radius 2 is 1.81 bits per heavy atom. The van der Waals surface area contributed by atoms with Crippen molar-refractivity contribution in [2.24, 2.45) is 0 Å². The summed E-state index contributed by atoms with van der Waals surface area (Å²) in [5.41, 5.74) is -0.282. The van der Waals surface area contributed by atoms with E-state index in [-0.39, 0.29) is 6.29 Å². The molecule has 1 aromatic rings. The average molecular weight is 370 g/mol. The van der Waals surface area contributed by atoms with Gasteiger partial charge in [-0.25, -0.2) is 0 Å². The fourth-order valence-electron chi connectivity index (χ4n) is 1.75. The lowest BCUT2D eigenvalue weighted by molar-refractivity contribution is -0.138. The van der Waals surface area contributed by atoms with Crippen molar-refractivity contribution < 1.29 is 22.6 Å². The van der Waals surface area contributed by atoms with Crippen LogP contribution in [0, 0.1) is 0 Å². The van der Waals surface area contributed by atoms with E-state index in [0.717, 1.165) is 12.1 Å². The second-order valence-corrected chi connectivity index (χ2v) is 5.10. The molecule has 7 heteroatoms. The minimum Gasteiger partial charge on any atom is -0.384 e. The van der Waals surface area contributed by atoms with Crippen LogP contribution in [0.25, 0.3) is 0 Å². The van der Waals surface area contributed by atoms with Crippen molar-refractivity contribution in [3.63, 3.8) is 0 Å². The Bertz CT molecular complexity index is 435. The molecule has 1 aromatic carbocycles. The van der Waals surface area contributed by atoms with Gasteiger partial charge in [0.2, 0.25) is 0 Å². The molecule has 0 aliphatic carbocycles. The van der Waals surface area contributed by atoms with E-state index in [9.17, 15) is 13.2 Å². The Morgan fingerprint density at radius 1 is 1.19 bits per heavy atom. The second-order valence-electron chi connectivity index (χ2n) is 4.25. The van der Waals surface area contributed by atoms with Gasteiger partial charge in [0.25, 0.3) is 0 Å². The summed E-state index contributed by atoms with van der Waals surface area (Å²) in [6.45, 7) is 5.23. The molecule has 0 saturated carbocycles. The van der Waals surface area contributed by atoms with E-state index in [1.807, 2.05) is 13.8 Å². The van der Waals surface area contributed by atoms with Crippen molar-refractivity contribution in [1.82, 2.24) is 0 Å². The molecule has 0 heterocycles. The summed E-state index contributed by atoms with van der Waals surface area (Å²) in [5, 5.41) is 2.97. The highest BCUT2D eigenvalue weighted by Crippen LogP contribution is 2.33. The molecule has 21 heavy (non-hydrogen) atoms. The standard InChI is InChI=1S/C14H19BrF3NO2/c1-3-20-13(21-4-2)7-8-19-12-9-10(14(16,17)18)5-6-11(12)15/h5-6,9,13,19H,3-4,7-8H2,1-2H3. The topological polar surface area (TPSA) is 30.5 Å². The van der Waals surface area contributed by atoms with Gasteiger partial charge in [-0.15, -0.1) is 0 Å². The molecule has 0 atom stereocenters. The maximum absolute atomic E-state index is 12.7. The van der Waals surface area contributed by atoms with Crippen LogP contribution < -0.4 is 5.32 Å². The molecule has 0 saturated heterocycles. The largest absolute Gasteiger partial charge is 0.416 e. The molecule has 0 amide bonds. The monoisotopic (exact) mass is 369 g/mol. The number of hydrogen-bond donors (Lipinski definition) is 1. The van der Waals surface area contributed by atoms with Gasteiger partial charge < -0.3 is 14.8 Å². The van der Waals surface area contributed by atoms with E-state index in [2.05, 4.69) is 21.2 Å². The third-order valence-corrected chi connectivity index (χ3v) is 3.39. The lowest BCUT2D eigenvalue weighted by atomic mass is 10.2. The number of alkyl halides is 3. The van der Waals surface area contributed by atoms with Crippen LogP contribution in [0.15, 0.2) is 22.7 Å². The minimum atomic E-state index is -4.35. The normalized spacial score (nSPS) is 12.0. The van der Waals surface area contributed by atoms with Crippen LogP contribution in [0.2, 0.25) is 0 Å². The van der Waals surface area contributed by atoms with Crippen molar-refractivity contribution in [3.05, 3.63) is 28.2 Å². The van der Waals surface area contributed by atoms with Crippen molar-refractivity contribution in [2.75, 3.05) is 25.1 Å². The summed E-state index contributed by atoms with van der Waals surface area (Å²) in [4.78, 5) is 0. The molecule has 0 spiro atoms. The number of ether oxygens (including phenoxy) is 2. The van der Waals surface area contributed by atoms with Gasteiger partial charge in [-0.2, -0.15) is 13.2 Å². The lowest BCUT2D eigenvalue weighted by Crippen LogP contribution is -2.21. The van der Waals surface area contributed by atoms with Gasteiger partial charge in [0.15, 0.2) is 6.29 Å². The number of nitrogens with one attached hydrogen (secondary N) is 1. The van der Waals surface area contributed by atoms with E-state index in [1.54, 1.807) is 0 Å². The van der Waals surface area contributed by atoms with Gasteiger partial charge in [-0.3, -0.25) is 0 Å². The van der Waals surface area contributed by atoms with Crippen LogP contribution in [0.1, 0.15) is 25.8 Å². The summed E-state index contributed by atoms with van der Waals surface area (Å²) in [5.74, 6) is 0. The van der Waals surface area contributed by atoms with Gasteiger partial charge in [-0.05, 0) is 48.0 Å². The van der Waals surface area contributed by atoms with Crippen molar-refractivity contribution >= 4 is 21.6 Å². The van der Waals surface area contributed by atoms with E-state index < -0.39 is 11.7 Å². The fourth-order valence-corrected chi connectivity index (χ4v) is 2.14. The van der Waals surface area contributed by atoms with Crippen LogP contribution in [-0.2, 0) is 15.7 Å². The molecule has 120 valence electrons. The van der Waals surface area contributed by atoms with E-state index in [1.165, 1.54) is 6.07 Å². The van der Waals surface area contributed by atoms with Crippen molar-refractivity contribution in [3.8, 4) is 0 Å². The van der Waals surface area contributed by atoms with E-state index in [4.69, 9.17) is 9.47 Å². The number of hydrogen-bond acceptors (Lipinski definition) is 3. The van der Waals surface area contributed by atoms with Crippen molar-refractivity contribution in [2.45, 2.75) is 32.7 Å². The van der Waals surface area contributed by atoms with E-state index in [0.29, 0.717) is 36.3 Å². The smallest absolute Gasteiger partial charge is 0.384 e. The maximum Gasteiger partial charge on any atom is 0.416 e. The first kappa shape index (κ1) is 18.3. The van der Waals surface area contributed by atoms with E-state index >= 15 is 0 Å². The van der Waals surface area contributed by atoms with Gasteiger partial charge in [-0.1, -0.05) is 0 Å². The van der Waals surface area contributed by atoms with Crippen LogP contribution in [0.5, 0.6) is 0 Å². The molecule has 3 nitrogen and oxygen atoms in total. The summed E-state index contributed by atoms with van der Waals surface area (Å²) in [6.07, 6.45) is -4.15. The van der Waals surface area contributed by atoms with Crippen LogP contribution in [-0.4, -0.2) is 26.0 Å². The van der Waals surface area contributed by atoms with Crippen molar-refractivity contribution in [1.29, 1.82) is 0 Å². The Hall–Kier alpha value is -0.790. The fraction of sp³-hybridized carbons (Fsp3) is 0.571. The zero-order valence-corrected chi connectivity index (χ0v) is 13.6. The minimum absolute atomic E-state index is 0.350. The van der Waals surface area contributed by atoms with Gasteiger partial charge in [0, 0.05) is 36.3 Å². The van der Waals surface area contributed by atoms with Crippen LogP contribution in [0.3, 0.4) is 0 Å². The zero-order chi connectivity index (χ0) is 15.9. The molecule has 0 aromatic heterocycles. The highest BCUT2D eigenvalue weighted by atomic mass is 79.9. The predicted molar refractivity (Wildman–Crippen MR) is 79.3 cm³/mol. The van der Waals surface area contributed by atoms with Gasteiger partial charge in [0.05, 0.1) is 5.56 Å². The SMILES string of the molecule is CCOC(CCNc1cc(C(F)(F)F)ccc1Br)OCC. The second kappa shape index (κ2) is 8.60. The Balaban J connectivity index is 2.62. The van der Waals surface area contributed by atoms with Gasteiger partial charge >= 0.3 is 6.18 Å². The quantitative estimate of drug-likeness (QED) is 0.675. The number of anilines is 1. The molecular weight excluding hydrogens is 351 g/mol. The number of benzene rings is 1. The molecule has 0 aliphatic heterocycles. The maximum atomic E-state index is 12.7. The summed E-state index contributed by atoms with van der Waals surface area (Å²) < 4.78 is 49.3. The molecule has 0 unspecified atom stereocenters. The third kappa shape index (κ3) is 6.23. The van der Waals surface area contributed by atoms with Crippen LogP contribution >= 0.6 is 15.9 Å². The van der Waals surface area contributed by atoms with Gasteiger partial charge in [0.1, 0.15) is 0 Å². The summed E-state index contributed by atoms with van der Waals surface area (Å²) in [6, 6.07) is 3.51. The number of halogens is 4. The molecule has 1 rings (SSSR count). The first-order valence-electron chi connectivity index (χ1n) is 6.72. The molecule has 0 radical (unpaired) electrons. The lowest BCUT2D eigenvalue weighted by Gasteiger charge is -2.18. The first-order valence-corrected chi connectivity index (χ1v) is 7.51. The summed E-state index contributed by atoms with van der Waals surface area (Å²) >= 11 is 3.23. The molecule has 0 bridgehead atoms. The highest BCUT2D eigenvalue weighted by molar-refractivity contribution is 9.10. The Labute approximate surface area is 130 Å². The summed E-state index contributed by atoms with van der Waals surface area (Å²) in [7, 11) is 0. The molecule has 1 N–H and O–H groups in total. The zero-order valence-electron chi connectivity index (χ0n) is 12.0. The molecular formula is C14H19BrF3NO2. The predicted octanol–water partition coefficient (Wildman–Crippen LogP) is 4.67. The first-order chi connectivity index (χ1) is 9.88. The molecule has 0 fully saturated rings.